The highest BCUT2D eigenvalue weighted by atomic mass is 32.1. The van der Waals surface area contributed by atoms with Gasteiger partial charge in [-0.15, -0.1) is 11.3 Å². The van der Waals surface area contributed by atoms with E-state index in [0.29, 0.717) is 10.9 Å². The van der Waals surface area contributed by atoms with Crippen LogP contribution in [-0.4, -0.2) is 26.5 Å². The lowest BCUT2D eigenvalue weighted by molar-refractivity contribution is -0.142. The average molecular weight is 368 g/mol. The number of nitrogens with zero attached hydrogens (tertiary/aromatic N) is 3. The van der Waals surface area contributed by atoms with Crippen molar-refractivity contribution in [3.05, 3.63) is 51.6 Å². The highest BCUT2D eigenvalue weighted by Crippen LogP contribution is 2.29. The molecule has 0 fully saturated rings. The molecule has 0 aromatic carbocycles. The number of hydrogen-bond donors (Lipinski definition) is 1. The second-order valence-corrected chi connectivity index (χ2v) is 6.77. The third-order valence-electron chi connectivity index (χ3n) is 3.54. The van der Waals surface area contributed by atoms with Crippen LogP contribution in [0.1, 0.15) is 33.7 Å². The summed E-state index contributed by atoms with van der Waals surface area (Å²) in [6.07, 6.45) is -3.94. The van der Waals surface area contributed by atoms with Crippen LogP contribution in [0.15, 0.2) is 29.6 Å². The molecule has 5 nitrogen and oxygen atoms in total. The van der Waals surface area contributed by atoms with Crippen molar-refractivity contribution in [3.63, 3.8) is 0 Å². The lowest BCUT2D eigenvalue weighted by Crippen LogP contribution is -2.34. The van der Waals surface area contributed by atoms with E-state index in [1.165, 1.54) is 13.0 Å². The number of amides is 1. The van der Waals surface area contributed by atoms with E-state index < -0.39 is 17.8 Å². The predicted octanol–water partition coefficient (Wildman–Crippen LogP) is 3.48. The van der Waals surface area contributed by atoms with Crippen LogP contribution in [0, 0.1) is 6.92 Å². The molecule has 0 radical (unpaired) electrons. The molecule has 1 N–H and O–H groups in total. The van der Waals surface area contributed by atoms with Gasteiger partial charge in [0, 0.05) is 29.1 Å². The first kappa shape index (κ1) is 17.4. The van der Waals surface area contributed by atoms with Gasteiger partial charge in [0.25, 0.3) is 5.91 Å². The van der Waals surface area contributed by atoms with Gasteiger partial charge in [-0.25, -0.2) is 9.50 Å². The van der Waals surface area contributed by atoms with Crippen molar-refractivity contribution in [1.29, 1.82) is 0 Å². The molecular formula is C16H15F3N4OS. The SMILES string of the molecule is Cc1cc(C(F)(F)F)n2nc(C(=O)N[C@H](C)Cc3cccs3)cc2n1. The van der Waals surface area contributed by atoms with Gasteiger partial charge in [0.1, 0.15) is 5.69 Å². The summed E-state index contributed by atoms with van der Waals surface area (Å²) < 4.78 is 40.1. The van der Waals surface area contributed by atoms with E-state index >= 15 is 0 Å². The minimum atomic E-state index is -4.59. The van der Waals surface area contributed by atoms with E-state index in [2.05, 4.69) is 15.4 Å². The third kappa shape index (κ3) is 3.81. The first-order chi connectivity index (χ1) is 11.7. The summed E-state index contributed by atoms with van der Waals surface area (Å²) in [5.74, 6) is -0.527. The third-order valence-corrected chi connectivity index (χ3v) is 4.44. The number of aromatic nitrogens is 3. The Morgan fingerprint density at radius 3 is 2.80 bits per heavy atom. The number of aryl methyl sites for hydroxylation is 1. The van der Waals surface area contributed by atoms with Crippen molar-refractivity contribution >= 4 is 22.9 Å². The Bertz CT molecular complexity index is 902. The molecule has 3 aromatic rings. The summed E-state index contributed by atoms with van der Waals surface area (Å²) in [5, 5.41) is 8.49. The molecule has 0 bridgehead atoms. The normalized spacial score (nSPS) is 13.2. The number of fused-ring (bicyclic) bond motifs is 1. The molecule has 0 aliphatic heterocycles. The van der Waals surface area contributed by atoms with Gasteiger partial charge in [-0.05, 0) is 31.4 Å². The van der Waals surface area contributed by atoms with Crippen LogP contribution in [-0.2, 0) is 12.6 Å². The number of alkyl halides is 3. The molecule has 0 unspecified atom stereocenters. The first-order valence-corrected chi connectivity index (χ1v) is 8.40. The molecule has 3 aromatic heterocycles. The molecule has 3 heterocycles. The number of rotatable bonds is 4. The topological polar surface area (TPSA) is 59.3 Å². The number of carbonyl (C=O) groups excluding carboxylic acids is 1. The lowest BCUT2D eigenvalue weighted by atomic mass is 10.2. The van der Waals surface area contributed by atoms with E-state index in [9.17, 15) is 18.0 Å². The summed E-state index contributed by atoms with van der Waals surface area (Å²) in [7, 11) is 0. The number of halogens is 3. The van der Waals surface area contributed by atoms with Crippen molar-refractivity contribution in [3.8, 4) is 0 Å². The number of carbonyl (C=O) groups is 1. The van der Waals surface area contributed by atoms with Crippen LogP contribution in [0.4, 0.5) is 13.2 Å². The number of nitrogens with one attached hydrogen (secondary N) is 1. The standard InChI is InChI=1S/C16H15F3N4OS/c1-9(6-11-4-3-5-25-11)21-15(24)12-8-14-20-10(2)7-13(16(17,18)19)23(14)22-12/h3-5,7-9H,6H2,1-2H3,(H,21,24)/t9-/m1/s1. The van der Waals surface area contributed by atoms with Gasteiger partial charge in [0.2, 0.25) is 0 Å². The van der Waals surface area contributed by atoms with Crippen molar-refractivity contribution in [2.45, 2.75) is 32.5 Å². The van der Waals surface area contributed by atoms with Crippen molar-refractivity contribution in [2.24, 2.45) is 0 Å². The van der Waals surface area contributed by atoms with Gasteiger partial charge in [-0.1, -0.05) is 6.07 Å². The summed E-state index contributed by atoms with van der Waals surface area (Å²) in [6, 6.07) is 5.87. The van der Waals surface area contributed by atoms with Crippen LogP contribution in [0.25, 0.3) is 5.65 Å². The van der Waals surface area contributed by atoms with Crippen LogP contribution in [0.3, 0.4) is 0 Å². The largest absolute Gasteiger partial charge is 0.433 e. The van der Waals surface area contributed by atoms with Gasteiger partial charge < -0.3 is 5.32 Å². The van der Waals surface area contributed by atoms with Gasteiger partial charge in [-0.2, -0.15) is 18.3 Å². The fourth-order valence-corrected chi connectivity index (χ4v) is 3.33. The summed E-state index contributed by atoms with van der Waals surface area (Å²) >= 11 is 1.58. The molecule has 25 heavy (non-hydrogen) atoms. The van der Waals surface area contributed by atoms with Crippen molar-refractivity contribution < 1.29 is 18.0 Å². The highest BCUT2D eigenvalue weighted by Gasteiger charge is 2.35. The van der Waals surface area contributed by atoms with E-state index in [0.717, 1.165) is 10.9 Å². The van der Waals surface area contributed by atoms with Crippen LogP contribution >= 0.6 is 11.3 Å². The Hall–Kier alpha value is -2.42. The average Bonchev–Trinajstić information content (AvgIpc) is 3.14. The molecule has 0 spiro atoms. The summed E-state index contributed by atoms with van der Waals surface area (Å²) in [5.41, 5.74) is -0.858. The maximum atomic E-state index is 13.1. The molecular weight excluding hydrogens is 353 g/mol. The highest BCUT2D eigenvalue weighted by molar-refractivity contribution is 7.09. The molecule has 9 heteroatoms. The zero-order valence-corrected chi connectivity index (χ0v) is 14.3. The molecule has 0 aliphatic rings. The minimum Gasteiger partial charge on any atom is -0.348 e. The Labute approximate surface area is 145 Å². The molecule has 0 saturated heterocycles. The van der Waals surface area contributed by atoms with Crippen LogP contribution in [0.2, 0.25) is 0 Å². The van der Waals surface area contributed by atoms with E-state index in [1.54, 1.807) is 11.3 Å². The van der Waals surface area contributed by atoms with Gasteiger partial charge >= 0.3 is 6.18 Å². The monoisotopic (exact) mass is 368 g/mol. The molecule has 3 rings (SSSR count). The smallest absolute Gasteiger partial charge is 0.348 e. The second kappa shape index (κ2) is 6.47. The lowest BCUT2D eigenvalue weighted by Gasteiger charge is -2.11. The second-order valence-electron chi connectivity index (χ2n) is 5.74. The van der Waals surface area contributed by atoms with Crippen LogP contribution in [0.5, 0.6) is 0 Å². The predicted molar refractivity (Wildman–Crippen MR) is 87.7 cm³/mol. The Kier molecular flexibility index (Phi) is 4.51. The molecule has 1 amide bonds. The Morgan fingerprint density at radius 2 is 2.16 bits per heavy atom. The van der Waals surface area contributed by atoms with Crippen molar-refractivity contribution in [1.82, 2.24) is 19.9 Å². The van der Waals surface area contributed by atoms with E-state index in [1.807, 2.05) is 24.4 Å². The Morgan fingerprint density at radius 1 is 1.40 bits per heavy atom. The fourth-order valence-electron chi connectivity index (χ4n) is 2.49. The summed E-state index contributed by atoms with van der Waals surface area (Å²) in [4.78, 5) is 17.4. The van der Waals surface area contributed by atoms with Crippen molar-refractivity contribution in [2.75, 3.05) is 0 Å². The zero-order chi connectivity index (χ0) is 18.2. The van der Waals surface area contributed by atoms with Gasteiger partial charge in [-0.3, -0.25) is 4.79 Å². The fraction of sp³-hybridized carbons (Fsp3) is 0.312. The number of hydrogen-bond acceptors (Lipinski definition) is 4. The molecule has 132 valence electrons. The van der Waals surface area contributed by atoms with E-state index in [-0.39, 0.29) is 23.1 Å². The molecule has 0 aliphatic carbocycles. The first-order valence-electron chi connectivity index (χ1n) is 7.52. The maximum absolute atomic E-state index is 13.1. The van der Waals surface area contributed by atoms with Crippen LogP contribution < -0.4 is 5.32 Å². The van der Waals surface area contributed by atoms with E-state index in [4.69, 9.17) is 0 Å². The zero-order valence-electron chi connectivity index (χ0n) is 13.5. The molecule has 1 atom stereocenters. The quantitative estimate of drug-likeness (QED) is 0.767. The number of thiophene rings is 1. The molecule has 0 saturated carbocycles. The van der Waals surface area contributed by atoms with Gasteiger partial charge in [0.05, 0.1) is 0 Å². The minimum absolute atomic E-state index is 0.0108. The summed E-state index contributed by atoms with van der Waals surface area (Å²) in [6.45, 7) is 3.29. The Balaban J connectivity index is 1.85. The maximum Gasteiger partial charge on any atom is 0.433 e. The van der Waals surface area contributed by atoms with Gasteiger partial charge in [0.15, 0.2) is 11.3 Å².